The minimum absolute atomic E-state index is 0.00945. The van der Waals surface area contributed by atoms with Crippen LogP contribution in [0.5, 0.6) is 5.75 Å². The van der Waals surface area contributed by atoms with Crippen LogP contribution in [0.15, 0.2) is 29.3 Å². The van der Waals surface area contributed by atoms with Gasteiger partial charge in [-0.05, 0) is 48.9 Å². The number of aromatic hydroxyl groups is 1. The zero-order chi connectivity index (χ0) is 29.0. The average molecular weight is 536 g/mol. The number of guanidine groups is 1. The van der Waals surface area contributed by atoms with Gasteiger partial charge >= 0.3 is 0 Å². The molecule has 0 aliphatic rings. The Hall–Kier alpha value is -3.87. The Balaban J connectivity index is 3.01. The molecule has 212 valence electrons. The van der Waals surface area contributed by atoms with Crippen LogP contribution >= 0.6 is 0 Å². The Morgan fingerprint density at radius 3 is 1.97 bits per heavy atom. The second-order valence-corrected chi connectivity index (χ2v) is 9.50. The number of nitrogens with one attached hydrogen (secondary N) is 3. The largest absolute Gasteiger partial charge is 0.508 e. The molecule has 0 aromatic heterocycles. The molecule has 0 aliphatic carbocycles. The fourth-order valence-corrected chi connectivity index (χ4v) is 3.48. The van der Waals surface area contributed by atoms with Crippen LogP contribution in [0.2, 0.25) is 0 Å². The molecular formula is C25H41N7O6. The summed E-state index contributed by atoms with van der Waals surface area (Å²) in [6, 6.07) is 2.73. The van der Waals surface area contributed by atoms with Crippen LogP contribution in [-0.4, -0.2) is 78.6 Å². The van der Waals surface area contributed by atoms with Crippen molar-refractivity contribution in [2.24, 2.45) is 28.3 Å². The van der Waals surface area contributed by atoms with E-state index < -0.39 is 41.8 Å². The fourth-order valence-electron chi connectivity index (χ4n) is 3.48. The highest BCUT2D eigenvalue weighted by molar-refractivity contribution is 5.99. The van der Waals surface area contributed by atoms with Crippen LogP contribution in [0.3, 0.4) is 0 Å². The highest BCUT2D eigenvalue weighted by Crippen LogP contribution is 2.12. The van der Waals surface area contributed by atoms with Gasteiger partial charge in [-0.15, -0.1) is 0 Å². The molecule has 1 aromatic rings. The molecular weight excluding hydrogens is 494 g/mol. The first-order valence-corrected chi connectivity index (χ1v) is 12.4. The zero-order valence-corrected chi connectivity index (χ0v) is 22.9. The molecule has 0 fully saturated rings. The first kappa shape index (κ1) is 32.2. The lowest BCUT2D eigenvalue weighted by Crippen LogP contribution is -2.59. The van der Waals surface area contributed by atoms with Gasteiger partial charge in [0.05, 0.1) is 7.11 Å². The number of rotatable bonds is 14. The molecule has 38 heavy (non-hydrogen) atoms. The highest BCUT2D eigenvalue weighted by Gasteiger charge is 2.33. The highest BCUT2D eigenvalue weighted by atomic mass is 16.7. The third kappa shape index (κ3) is 10.2. The fraction of sp³-hybridized carbons (Fsp3) is 0.560. The minimum atomic E-state index is -0.991. The Bertz CT molecular complexity index is 977. The number of likely N-dealkylation sites (N-methyl/N-ethyl adjacent to an activating group) is 1. The Morgan fingerprint density at radius 1 is 0.947 bits per heavy atom. The Kier molecular flexibility index (Phi) is 13.0. The molecule has 4 amide bonds. The zero-order valence-electron chi connectivity index (χ0n) is 22.9. The molecule has 0 heterocycles. The normalized spacial score (nSPS) is 13.3. The average Bonchev–Trinajstić information content (AvgIpc) is 2.85. The molecule has 0 unspecified atom stereocenters. The molecule has 0 radical (unpaired) electrons. The van der Waals surface area contributed by atoms with E-state index >= 15 is 0 Å². The van der Waals surface area contributed by atoms with E-state index in [0.29, 0.717) is 6.42 Å². The van der Waals surface area contributed by atoms with Gasteiger partial charge in [0.25, 0.3) is 11.8 Å². The van der Waals surface area contributed by atoms with Crippen molar-refractivity contribution >= 4 is 29.6 Å². The molecule has 13 heteroatoms. The summed E-state index contributed by atoms with van der Waals surface area (Å²) in [5.41, 5.74) is 10.9. The van der Waals surface area contributed by atoms with E-state index in [2.05, 4.69) is 20.9 Å². The maximum absolute atomic E-state index is 13.2. The number of hydrogen-bond donors (Lipinski definition) is 6. The number of nitrogens with zero attached hydrogens (tertiary/aromatic N) is 2. The van der Waals surface area contributed by atoms with Crippen LogP contribution in [-0.2, 0) is 19.2 Å². The van der Waals surface area contributed by atoms with Crippen LogP contribution in [0.25, 0.3) is 0 Å². The monoisotopic (exact) mass is 535 g/mol. The van der Waals surface area contributed by atoms with Gasteiger partial charge in [-0.3, -0.25) is 29.0 Å². The number of aliphatic imine (C=N–C) groups is 1. The SMILES string of the molecule is CON(C)C(=O)[C@H](CCCN=C(N)N)NC(=O)[C@@H](NC(=O)[C@@H](NC(=O)c1ccc(O)cc1)C(C)C)C(C)C. The van der Waals surface area contributed by atoms with E-state index in [1.165, 1.54) is 38.4 Å². The molecule has 0 saturated heterocycles. The molecule has 8 N–H and O–H groups in total. The van der Waals surface area contributed by atoms with Crippen LogP contribution in [0.1, 0.15) is 50.9 Å². The lowest BCUT2D eigenvalue weighted by molar-refractivity contribution is -0.172. The van der Waals surface area contributed by atoms with Crippen LogP contribution < -0.4 is 27.4 Å². The summed E-state index contributed by atoms with van der Waals surface area (Å²) in [6.45, 7) is 7.29. The van der Waals surface area contributed by atoms with Crippen molar-refractivity contribution in [2.45, 2.75) is 58.7 Å². The number of hydroxylamine groups is 2. The summed E-state index contributed by atoms with van der Waals surface area (Å²) in [6.07, 6.45) is 0.634. The van der Waals surface area contributed by atoms with Crippen molar-refractivity contribution in [3.63, 3.8) is 0 Å². The van der Waals surface area contributed by atoms with Gasteiger partial charge in [0, 0.05) is 19.2 Å². The third-order valence-electron chi connectivity index (χ3n) is 5.76. The second kappa shape index (κ2) is 15.4. The van der Waals surface area contributed by atoms with Gasteiger partial charge in [-0.2, -0.15) is 0 Å². The van der Waals surface area contributed by atoms with E-state index in [1.54, 1.807) is 27.7 Å². The van der Waals surface area contributed by atoms with E-state index in [4.69, 9.17) is 16.3 Å². The first-order chi connectivity index (χ1) is 17.8. The number of phenolic OH excluding ortho intramolecular Hbond substituents is 1. The van der Waals surface area contributed by atoms with Gasteiger partial charge in [-0.1, -0.05) is 27.7 Å². The van der Waals surface area contributed by atoms with Crippen molar-refractivity contribution in [3.05, 3.63) is 29.8 Å². The summed E-state index contributed by atoms with van der Waals surface area (Å²) in [5, 5.41) is 18.5. The van der Waals surface area contributed by atoms with Gasteiger partial charge in [-0.25, -0.2) is 5.06 Å². The van der Waals surface area contributed by atoms with E-state index in [1.807, 2.05) is 0 Å². The molecule has 1 rings (SSSR count). The lowest BCUT2D eigenvalue weighted by Gasteiger charge is -2.29. The van der Waals surface area contributed by atoms with Crippen molar-refractivity contribution in [1.82, 2.24) is 21.0 Å². The van der Waals surface area contributed by atoms with Crippen molar-refractivity contribution in [3.8, 4) is 5.75 Å². The van der Waals surface area contributed by atoms with E-state index in [0.717, 1.165) is 5.06 Å². The number of carbonyl (C=O) groups excluding carboxylic acids is 4. The molecule has 1 aromatic carbocycles. The third-order valence-corrected chi connectivity index (χ3v) is 5.76. The summed E-state index contributed by atoms with van der Waals surface area (Å²) in [4.78, 5) is 60.7. The lowest BCUT2D eigenvalue weighted by atomic mass is 9.98. The number of carbonyl (C=O) groups is 4. The summed E-state index contributed by atoms with van der Waals surface area (Å²) < 4.78 is 0. The van der Waals surface area contributed by atoms with Gasteiger partial charge in [0.2, 0.25) is 11.8 Å². The molecule has 0 bridgehead atoms. The minimum Gasteiger partial charge on any atom is -0.508 e. The van der Waals surface area contributed by atoms with Gasteiger partial charge in [0.15, 0.2) is 5.96 Å². The molecule has 13 nitrogen and oxygen atoms in total. The van der Waals surface area contributed by atoms with E-state index in [-0.39, 0.29) is 42.1 Å². The van der Waals surface area contributed by atoms with Crippen LogP contribution in [0.4, 0.5) is 0 Å². The van der Waals surface area contributed by atoms with E-state index in [9.17, 15) is 24.3 Å². The number of hydrogen-bond acceptors (Lipinski definition) is 7. The first-order valence-electron chi connectivity index (χ1n) is 12.4. The maximum Gasteiger partial charge on any atom is 0.268 e. The number of phenols is 1. The van der Waals surface area contributed by atoms with Crippen LogP contribution in [0, 0.1) is 11.8 Å². The molecule has 0 saturated carbocycles. The standard InChI is InChI=1S/C25H41N7O6/c1-14(2)19(22(35)29-18(24(37)32(5)38-6)8-7-13-28-25(26)27)31-23(36)20(15(3)4)30-21(34)16-9-11-17(33)12-10-16/h9-12,14-15,18-20,33H,7-8,13H2,1-6H3,(H,29,35)(H,30,34)(H,31,36)(H4,26,27,28)/t18-,19-,20-/m0/s1. The molecule has 0 spiro atoms. The number of amides is 4. The van der Waals surface area contributed by atoms with Crippen molar-refractivity contribution < 1.29 is 29.1 Å². The topological polar surface area (TPSA) is 201 Å². The van der Waals surface area contributed by atoms with Gasteiger partial charge in [0.1, 0.15) is 23.9 Å². The number of nitrogens with two attached hydrogens (primary N) is 2. The molecule has 3 atom stereocenters. The predicted octanol–water partition coefficient (Wildman–Crippen LogP) is -0.154. The van der Waals surface area contributed by atoms with Crippen molar-refractivity contribution in [1.29, 1.82) is 0 Å². The summed E-state index contributed by atoms with van der Waals surface area (Å²) >= 11 is 0. The quantitative estimate of drug-likeness (QED) is 0.0816. The predicted molar refractivity (Wildman–Crippen MR) is 143 cm³/mol. The second-order valence-electron chi connectivity index (χ2n) is 9.50. The molecule has 0 aliphatic heterocycles. The van der Waals surface area contributed by atoms with Gasteiger partial charge < -0.3 is 32.5 Å². The summed E-state index contributed by atoms with van der Waals surface area (Å²) in [5.74, 6) is -2.81. The Morgan fingerprint density at radius 2 is 1.47 bits per heavy atom. The maximum atomic E-state index is 13.2. The number of benzene rings is 1. The van der Waals surface area contributed by atoms with Crippen molar-refractivity contribution in [2.75, 3.05) is 20.7 Å². The summed E-state index contributed by atoms with van der Waals surface area (Å²) in [7, 11) is 2.75. The smallest absolute Gasteiger partial charge is 0.268 e. The Labute approximate surface area is 223 Å².